The summed E-state index contributed by atoms with van der Waals surface area (Å²) in [4.78, 5) is 10.6. The quantitative estimate of drug-likeness (QED) is 0.535. The maximum Gasteiger partial charge on any atom is 0.278 e. The number of aromatic nitrogens is 5. The van der Waals surface area contributed by atoms with Gasteiger partial charge in [0.2, 0.25) is 0 Å². The molecule has 136 valence electrons. The Morgan fingerprint density at radius 2 is 1.52 bits per heavy atom. The number of rotatable bonds is 4. The number of halogens is 1. The number of aryl methyl sites for hydroxylation is 1. The molecule has 0 saturated carbocycles. The minimum atomic E-state index is 0.277. The molecule has 0 fully saturated rings. The zero-order valence-electron chi connectivity index (χ0n) is 15.0. The summed E-state index contributed by atoms with van der Waals surface area (Å²) in [5.74, 6) is 0.583. The van der Waals surface area contributed by atoms with Crippen LogP contribution in [0, 0.1) is 0 Å². The Kier molecular flexibility index (Phi) is 4.37. The normalized spacial score (nSPS) is 11.0. The Morgan fingerprint density at radius 1 is 0.852 bits per heavy atom. The third kappa shape index (κ3) is 2.96. The van der Waals surface area contributed by atoms with Gasteiger partial charge in [-0.2, -0.15) is 15.0 Å². The predicted octanol–water partition coefficient (Wildman–Crippen LogP) is 3.76. The fourth-order valence-electron chi connectivity index (χ4n) is 2.92. The molecule has 0 aliphatic heterocycles. The molecule has 2 aromatic heterocycles. The number of hydrogen-bond donors (Lipinski definition) is 0. The first-order valence-electron chi connectivity index (χ1n) is 8.17. The molecule has 0 saturated heterocycles. The van der Waals surface area contributed by atoms with Gasteiger partial charge in [0.25, 0.3) is 11.8 Å². The summed E-state index contributed by atoms with van der Waals surface area (Å²) in [6.45, 7) is 0. The standard InChI is InChI=1S/C19H16ClN5O2/c1-25-23-15(11-7-5-4-6-8-11)17(24-25)14-12(20)9-10-13-16(14)22-19(27-3)18(21-13)26-2/h4-10H,1-3H3. The van der Waals surface area contributed by atoms with Crippen molar-refractivity contribution in [1.82, 2.24) is 25.0 Å². The third-order valence-electron chi connectivity index (χ3n) is 4.11. The van der Waals surface area contributed by atoms with Crippen molar-refractivity contribution < 1.29 is 9.47 Å². The van der Waals surface area contributed by atoms with Gasteiger partial charge in [-0.15, -0.1) is 0 Å². The fraction of sp³-hybridized carbons (Fsp3) is 0.158. The Labute approximate surface area is 160 Å². The lowest BCUT2D eigenvalue weighted by Crippen LogP contribution is -1.99. The van der Waals surface area contributed by atoms with Crippen molar-refractivity contribution in [3.05, 3.63) is 47.5 Å². The van der Waals surface area contributed by atoms with E-state index < -0.39 is 0 Å². The molecule has 0 aliphatic rings. The van der Waals surface area contributed by atoms with E-state index in [1.165, 1.54) is 19.0 Å². The van der Waals surface area contributed by atoms with E-state index >= 15 is 0 Å². The second-order valence-corrected chi connectivity index (χ2v) is 6.19. The summed E-state index contributed by atoms with van der Waals surface area (Å²) in [5.41, 5.74) is 4.11. The minimum Gasteiger partial charge on any atom is -0.477 e. The SMILES string of the molecule is COc1nc2ccc(Cl)c(-c3nn(C)nc3-c3ccccc3)c2nc1OC. The average Bonchev–Trinajstić information content (AvgIpc) is 3.08. The number of nitrogens with zero attached hydrogens (tertiary/aromatic N) is 5. The van der Waals surface area contributed by atoms with Crippen LogP contribution in [0.5, 0.6) is 11.8 Å². The van der Waals surface area contributed by atoms with E-state index in [1.54, 1.807) is 19.2 Å². The van der Waals surface area contributed by atoms with Crippen molar-refractivity contribution in [3.8, 4) is 34.3 Å². The summed E-state index contributed by atoms with van der Waals surface area (Å²) in [6.07, 6.45) is 0. The van der Waals surface area contributed by atoms with Gasteiger partial charge in [-0.25, -0.2) is 9.97 Å². The molecule has 0 N–H and O–H groups in total. The molecule has 0 spiro atoms. The minimum absolute atomic E-state index is 0.277. The zero-order valence-corrected chi connectivity index (χ0v) is 15.7. The van der Waals surface area contributed by atoms with Crippen LogP contribution in [0.1, 0.15) is 0 Å². The first kappa shape index (κ1) is 17.2. The maximum absolute atomic E-state index is 6.56. The monoisotopic (exact) mass is 381 g/mol. The highest BCUT2D eigenvalue weighted by Gasteiger charge is 2.22. The van der Waals surface area contributed by atoms with E-state index in [2.05, 4.69) is 20.2 Å². The lowest BCUT2D eigenvalue weighted by molar-refractivity contribution is 0.334. The van der Waals surface area contributed by atoms with Crippen LogP contribution in [0.15, 0.2) is 42.5 Å². The van der Waals surface area contributed by atoms with Gasteiger partial charge in [-0.3, -0.25) is 0 Å². The van der Waals surface area contributed by atoms with Crippen LogP contribution >= 0.6 is 11.6 Å². The Morgan fingerprint density at radius 3 is 2.22 bits per heavy atom. The highest BCUT2D eigenvalue weighted by molar-refractivity contribution is 6.35. The van der Waals surface area contributed by atoms with Gasteiger partial charge < -0.3 is 9.47 Å². The molecule has 7 nitrogen and oxygen atoms in total. The van der Waals surface area contributed by atoms with Crippen LogP contribution in [0.2, 0.25) is 5.02 Å². The third-order valence-corrected chi connectivity index (χ3v) is 4.42. The van der Waals surface area contributed by atoms with Gasteiger partial charge in [0.05, 0.1) is 30.3 Å². The van der Waals surface area contributed by atoms with Crippen LogP contribution in [-0.2, 0) is 7.05 Å². The van der Waals surface area contributed by atoms with E-state index in [9.17, 15) is 0 Å². The topological polar surface area (TPSA) is 75.0 Å². The van der Waals surface area contributed by atoms with Crippen molar-refractivity contribution in [2.75, 3.05) is 14.2 Å². The van der Waals surface area contributed by atoms with Gasteiger partial charge in [-0.1, -0.05) is 41.9 Å². The lowest BCUT2D eigenvalue weighted by atomic mass is 10.0. The average molecular weight is 382 g/mol. The van der Waals surface area contributed by atoms with Crippen LogP contribution < -0.4 is 9.47 Å². The molecule has 0 atom stereocenters. The van der Waals surface area contributed by atoms with E-state index in [-0.39, 0.29) is 5.88 Å². The number of benzene rings is 2. The highest BCUT2D eigenvalue weighted by atomic mass is 35.5. The van der Waals surface area contributed by atoms with Crippen LogP contribution in [-0.4, -0.2) is 39.2 Å². The largest absolute Gasteiger partial charge is 0.477 e. The molecule has 8 heteroatoms. The predicted molar refractivity (Wildman–Crippen MR) is 103 cm³/mol. The number of methoxy groups -OCH3 is 2. The molecular formula is C19H16ClN5O2. The Hall–Kier alpha value is -3.19. The van der Waals surface area contributed by atoms with Gasteiger partial charge in [-0.05, 0) is 12.1 Å². The zero-order chi connectivity index (χ0) is 19.0. The molecule has 0 aliphatic carbocycles. The summed E-state index contributed by atoms with van der Waals surface area (Å²) >= 11 is 6.56. The van der Waals surface area contributed by atoms with Crippen LogP contribution in [0.3, 0.4) is 0 Å². The number of hydrogen-bond acceptors (Lipinski definition) is 6. The fourth-order valence-corrected chi connectivity index (χ4v) is 3.16. The summed E-state index contributed by atoms with van der Waals surface area (Å²) in [5, 5.41) is 9.57. The first-order chi connectivity index (χ1) is 13.1. The molecular weight excluding hydrogens is 366 g/mol. The summed E-state index contributed by atoms with van der Waals surface area (Å²) < 4.78 is 10.6. The summed E-state index contributed by atoms with van der Waals surface area (Å²) in [6, 6.07) is 13.4. The van der Waals surface area contributed by atoms with Crippen molar-refractivity contribution >= 4 is 22.6 Å². The van der Waals surface area contributed by atoms with Crippen LogP contribution in [0.25, 0.3) is 33.5 Å². The Balaban J connectivity index is 2.04. The first-order valence-corrected chi connectivity index (χ1v) is 8.55. The molecule has 2 heterocycles. The number of fused-ring (bicyclic) bond motifs is 1. The van der Waals surface area contributed by atoms with E-state index in [1.807, 2.05) is 30.3 Å². The lowest BCUT2D eigenvalue weighted by Gasteiger charge is -2.11. The highest BCUT2D eigenvalue weighted by Crippen LogP contribution is 2.39. The van der Waals surface area contributed by atoms with Gasteiger partial charge >= 0.3 is 0 Å². The molecule has 0 bridgehead atoms. The van der Waals surface area contributed by atoms with E-state index in [4.69, 9.17) is 21.1 Å². The molecule has 0 amide bonds. The van der Waals surface area contributed by atoms with Crippen molar-refractivity contribution in [2.45, 2.75) is 0 Å². The van der Waals surface area contributed by atoms with Gasteiger partial charge in [0.15, 0.2) is 0 Å². The maximum atomic E-state index is 6.56. The summed E-state index contributed by atoms with van der Waals surface area (Å²) in [7, 11) is 4.80. The molecule has 0 unspecified atom stereocenters. The van der Waals surface area contributed by atoms with Gasteiger partial charge in [0, 0.05) is 12.6 Å². The van der Waals surface area contributed by atoms with Crippen molar-refractivity contribution in [2.24, 2.45) is 7.05 Å². The van der Waals surface area contributed by atoms with Crippen molar-refractivity contribution in [1.29, 1.82) is 0 Å². The molecule has 4 aromatic rings. The second kappa shape index (κ2) is 6.85. The molecule has 2 aromatic carbocycles. The Bertz CT molecular complexity index is 1130. The molecule has 4 rings (SSSR count). The second-order valence-electron chi connectivity index (χ2n) is 5.78. The van der Waals surface area contributed by atoms with E-state index in [0.29, 0.717) is 38.9 Å². The smallest absolute Gasteiger partial charge is 0.278 e. The molecule has 27 heavy (non-hydrogen) atoms. The van der Waals surface area contributed by atoms with Crippen LogP contribution in [0.4, 0.5) is 0 Å². The molecule has 0 radical (unpaired) electrons. The van der Waals surface area contributed by atoms with Gasteiger partial charge in [0.1, 0.15) is 16.9 Å². The number of ether oxygens (including phenoxy) is 2. The van der Waals surface area contributed by atoms with E-state index in [0.717, 1.165) is 5.56 Å². The van der Waals surface area contributed by atoms with Crippen molar-refractivity contribution in [3.63, 3.8) is 0 Å².